The van der Waals surface area contributed by atoms with Crippen LogP contribution in [0.2, 0.25) is 5.02 Å². The highest BCUT2D eigenvalue weighted by molar-refractivity contribution is 6.31. The van der Waals surface area contributed by atoms with E-state index in [2.05, 4.69) is 0 Å². The van der Waals surface area contributed by atoms with E-state index < -0.39 is 0 Å². The second-order valence-corrected chi connectivity index (χ2v) is 3.06. The van der Waals surface area contributed by atoms with Crippen molar-refractivity contribution in [3.63, 3.8) is 0 Å². The number of halogens is 1. The number of allylic oxidation sites excluding steroid dienone is 1. The lowest BCUT2D eigenvalue weighted by Crippen LogP contribution is -1.78. The second kappa shape index (κ2) is 5.21. The van der Waals surface area contributed by atoms with Gasteiger partial charge in [0.05, 0.1) is 10.6 Å². The lowest BCUT2D eigenvalue weighted by Gasteiger charge is -1.96. The van der Waals surface area contributed by atoms with E-state index in [1.54, 1.807) is 30.4 Å². The molecule has 2 nitrogen and oxygen atoms in total. The average Bonchev–Trinajstić information content (AvgIpc) is 2.18. The number of rotatable bonds is 3. The van der Waals surface area contributed by atoms with Crippen LogP contribution in [0.1, 0.15) is 17.5 Å². The first-order valence-corrected chi connectivity index (χ1v) is 4.45. The summed E-state index contributed by atoms with van der Waals surface area (Å²) in [5.74, 6) is 0. The molecular weight excluding hydrogens is 198 g/mol. The van der Waals surface area contributed by atoms with E-state index in [9.17, 15) is 4.79 Å². The first-order chi connectivity index (χ1) is 6.77. The summed E-state index contributed by atoms with van der Waals surface area (Å²) in [6.45, 7) is 0. The quantitative estimate of drug-likeness (QED) is 0.712. The van der Waals surface area contributed by atoms with Gasteiger partial charge >= 0.3 is 0 Å². The zero-order chi connectivity index (χ0) is 10.4. The number of nitrogens with zero attached hydrogens (tertiary/aromatic N) is 1. The van der Waals surface area contributed by atoms with Crippen molar-refractivity contribution in [2.24, 2.45) is 0 Å². The fourth-order valence-electron chi connectivity index (χ4n) is 0.985. The van der Waals surface area contributed by atoms with Gasteiger partial charge in [0.1, 0.15) is 12.4 Å². The zero-order valence-corrected chi connectivity index (χ0v) is 8.16. The molecule has 0 radical (unpaired) electrons. The summed E-state index contributed by atoms with van der Waals surface area (Å²) in [6.07, 6.45) is 4.74. The number of carbonyl (C=O) groups is 1. The van der Waals surface area contributed by atoms with E-state index >= 15 is 0 Å². The highest BCUT2D eigenvalue weighted by Gasteiger charge is 1.97. The molecule has 0 unspecified atom stereocenters. The Hall–Kier alpha value is -1.59. The molecule has 0 fully saturated rings. The number of nitriles is 1. The first-order valence-electron chi connectivity index (χ1n) is 4.07. The summed E-state index contributed by atoms with van der Waals surface area (Å²) in [6, 6.07) is 7.11. The van der Waals surface area contributed by atoms with Crippen molar-refractivity contribution in [3.05, 3.63) is 40.4 Å². The summed E-state index contributed by atoms with van der Waals surface area (Å²) in [4.78, 5) is 10.0. The van der Waals surface area contributed by atoms with E-state index in [-0.39, 0.29) is 0 Å². The third-order valence-corrected chi connectivity index (χ3v) is 1.97. The molecule has 1 aromatic carbocycles. The highest BCUT2D eigenvalue weighted by Crippen LogP contribution is 2.17. The van der Waals surface area contributed by atoms with Crippen molar-refractivity contribution >= 4 is 24.0 Å². The number of hydrogen-bond acceptors (Lipinski definition) is 2. The smallest absolute Gasteiger partial charge is 0.123 e. The highest BCUT2D eigenvalue weighted by atomic mass is 35.5. The Morgan fingerprint density at radius 2 is 2.29 bits per heavy atom. The van der Waals surface area contributed by atoms with E-state index in [4.69, 9.17) is 16.9 Å². The normalized spacial score (nSPS) is 10.0. The Morgan fingerprint density at radius 1 is 1.50 bits per heavy atom. The maximum atomic E-state index is 10.0. The van der Waals surface area contributed by atoms with Crippen molar-refractivity contribution in [3.8, 4) is 6.07 Å². The fourth-order valence-corrected chi connectivity index (χ4v) is 1.22. The molecule has 70 valence electrons. The minimum absolute atomic E-state index is 0.387. The van der Waals surface area contributed by atoms with E-state index in [1.807, 2.05) is 6.07 Å². The van der Waals surface area contributed by atoms with Crippen molar-refractivity contribution in [1.82, 2.24) is 0 Å². The summed E-state index contributed by atoms with van der Waals surface area (Å²) in [5, 5.41) is 9.06. The molecule has 0 aliphatic carbocycles. The maximum absolute atomic E-state index is 10.0. The first kappa shape index (κ1) is 10.5. The van der Waals surface area contributed by atoms with Gasteiger partial charge < -0.3 is 4.79 Å². The number of aldehydes is 1. The molecular formula is C11H8ClNO. The van der Waals surface area contributed by atoms with E-state index in [0.29, 0.717) is 17.0 Å². The minimum Gasteiger partial charge on any atom is -0.303 e. The Labute approximate surface area is 87.4 Å². The summed E-state index contributed by atoms with van der Waals surface area (Å²) < 4.78 is 0. The molecule has 0 saturated carbocycles. The van der Waals surface area contributed by atoms with Gasteiger partial charge in [-0.1, -0.05) is 29.8 Å². The number of hydrogen-bond donors (Lipinski definition) is 0. The molecule has 0 amide bonds. The second-order valence-electron chi connectivity index (χ2n) is 2.66. The minimum atomic E-state index is 0.387. The van der Waals surface area contributed by atoms with Crippen LogP contribution in [-0.4, -0.2) is 6.29 Å². The standard InChI is InChI=1S/C11H8ClNO/c12-11-7-9(3-1-2-6-14)4-5-10(11)8-13/h1,3-7H,2H2. The zero-order valence-electron chi connectivity index (χ0n) is 7.40. The fraction of sp³-hybridized carbons (Fsp3) is 0.0909. The molecule has 0 saturated heterocycles. The molecule has 14 heavy (non-hydrogen) atoms. The molecule has 0 aliphatic rings. The molecule has 0 aliphatic heterocycles. The monoisotopic (exact) mass is 205 g/mol. The predicted octanol–water partition coefficient (Wildman–Crippen LogP) is 2.81. The lowest BCUT2D eigenvalue weighted by molar-refractivity contribution is -0.107. The molecule has 0 aromatic heterocycles. The van der Waals surface area contributed by atoms with Crippen molar-refractivity contribution in [1.29, 1.82) is 5.26 Å². The Kier molecular flexibility index (Phi) is 3.90. The van der Waals surface area contributed by atoms with Crippen LogP contribution in [0.5, 0.6) is 0 Å². The van der Waals surface area contributed by atoms with Crippen molar-refractivity contribution < 1.29 is 4.79 Å². The molecule has 3 heteroatoms. The van der Waals surface area contributed by atoms with Gasteiger partial charge in [-0.05, 0) is 17.7 Å². The third kappa shape index (κ3) is 2.72. The SMILES string of the molecule is N#Cc1ccc(C=CCC=O)cc1Cl. The van der Waals surface area contributed by atoms with E-state index in [0.717, 1.165) is 11.8 Å². The van der Waals surface area contributed by atoms with Crippen LogP contribution in [0.4, 0.5) is 0 Å². The van der Waals surface area contributed by atoms with Gasteiger partial charge in [-0.15, -0.1) is 0 Å². The van der Waals surface area contributed by atoms with Crippen LogP contribution in [0, 0.1) is 11.3 Å². The lowest BCUT2D eigenvalue weighted by atomic mass is 10.1. The van der Waals surface area contributed by atoms with Gasteiger partial charge in [-0.2, -0.15) is 5.26 Å². The number of carbonyl (C=O) groups excluding carboxylic acids is 1. The van der Waals surface area contributed by atoms with Gasteiger partial charge in [0.2, 0.25) is 0 Å². The van der Waals surface area contributed by atoms with Crippen LogP contribution in [0.3, 0.4) is 0 Å². The van der Waals surface area contributed by atoms with Crippen molar-refractivity contribution in [2.45, 2.75) is 6.42 Å². The Bertz CT molecular complexity index is 404. The predicted molar refractivity (Wildman–Crippen MR) is 55.9 cm³/mol. The topological polar surface area (TPSA) is 40.9 Å². The average molecular weight is 206 g/mol. The van der Waals surface area contributed by atoms with Crippen molar-refractivity contribution in [2.75, 3.05) is 0 Å². The summed E-state index contributed by atoms with van der Waals surface area (Å²) in [5.41, 5.74) is 1.34. The van der Waals surface area contributed by atoms with Crippen LogP contribution in [0.15, 0.2) is 24.3 Å². The van der Waals surface area contributed by atoms with Gasteiger partial charge in [-0.3, -0.25) is 0 Å². The molecule has 1 rings (SSSR count). The molecule has 0 N–H and O–H groups in total. The summed E-state index contributed by atoms with van der Waals surface area (Å²) >= 11 is 5.82. The van der Waals surface area contributed by atoms with Gasteiger partial charge in [0.25, 0.3) is 0 Å². The van der Waals surface area contributed by atoms with Gasteiger partial charge in [0, 0.05) is 6.42 Å². The molecule has 0 spiro atoms. The summed E-state index contributed by atoms with van der Waals surface area (Å²) in [7, 11) is 0. The van der Waals surface area contributed by atoms with Crippen LogP contribution in [-0.2, 0) is 4.79 Å². The maximum Gasteiger partial charge on any atom is 0.123 e. The molecule has 1 aromatic rings. The Balaban J connectivity index is 2.87. The van der Waals surface area contributed by atoms with Crippen LogP contribution in [0.25, 0.3) is 6.08 Å². The molecule has 0 bridgehead atoms. The van der Waals surface area contributed by atoms with Gasteiger partial charge in [0.15, 0.2) is 0 Å². The largest absolute Gasteiger partial charge is 0.303 e. The third-order valence-electron chi connectivity index (χ3n) is 1.66. The van der Waals surface area contributed by atoms with E-state index in [1.165, 1.54) is 0 Å². The number of benzene rings is 1. The van der Waals surface area contributed by atoms with Gasteiger partial charge in [-0.25, -0.2) is 0 Å². The van der Waals surface area contributed by atoms with Crippen LogP contribution < -0.4 is 0 Å². The molecule has 0 heterocycles. The van der Waals surface area contributed by atoms with Crippen LogP contribution >= 0.6 is 11.6 Å². The molecule has 0 atom stereocenters. The Morgan fingerprint density at radius 3 is 2.86 bits per heavy atom.